The van der Waals surface area contributed by atoms with Gasteiger partial charge >= 0.3 is 5.97 Å². The summed E-state index contributed by atoms with van der Waals surface area (Å²) < 4.78 is 0. The number of aromatic hydroxyl groups is 1. The predicted molar refractivity (Wildman–Crippen MR) is 95.1 cm³/mol. The van der Waals surface area contributed by atoms with E-state index in [1.807, 2.05) is 12.1 Å². The van der Waals surface area contributed by atoms with E-state index in [9.17, 15) is 19.8 Å². The first-order valence-electron chi connectivity index (χ1n) is 8.71. The zero-order valence-corrected chi connectivity index (χ0v) is 14.4. The largest absolute Gasteiger partial charge is 0.508 e. The average Bonchev–Trinajstić information content (AvgIpc) is 3.14. The summed E-state index contributed by atoms with van der Waals surface area (Å²) in [5, 5.41) is 18.6. The molecule has 2 N–H and O–H groups in total. The number of carbonyl (C=O) groups excluding carboxylic acids is 1. The zero-order chi connectivity index (χ0) is 18.5. The molecule has 0 saturated heterocycles. The standard InChI is InChI=1S/C20H22N2O4/c23-18-5-1-14(2-6-18)12-22(13-15-7-9-21-10-8-15)19(24)16-3-4-17(11-16)20(25)26/h1-2,5-10,16-17,23H,3-4,11-13H2,(H,25,26)/t16-,17+/m1/s1. The second-order valence-corrected chi connectivity index (χ2v) is 6.76. The number of benzene rings is 1. The van der Waals surface area contributed by atoms with Gasteiger partial charge < -0.3 is 15.1 Å². The van der Waals surface area contributed by atoms with Crippen LogP contribution >= 0.6 is 0 Å². The molecule has 6 heteroatoms. The normalized spacial score (nSPS) is 19.2. The van der Waals surface area contributed by atoms with Gasteiger partial charge in [-0.3, -0.25) is 14.6 Å². The van der Waals surface area contributed by atoms with E-state index >= 15 is 0 Å². The molecule has 26 heavy (non-hydrogen) atoms. The minimum Gasteiger partial charge on any atom is -0.508 e. The topological polar surface area (TPSA) is 90.7 Å². The van der Waals surface area contributed by atoms with E-state index in [-0.39, 0.29) is 17.6 Å². The number of rotatable bonds is 6. The molecule has 0 spiro atoms. The van der Waals surface area contributed by atoms with Crippen LogP contribution in [0.15, 0.2) is 48.8 Å². The maximum atomic E-state index is 13.1. The maximum Gasteiger partial charge on any atom is 0.306 e. The van der Waals surface area contributed by atoms with Crippen molar-refractivity contribution in [2.24, 2.45) is 11.8 Å². The highest BCUT2D eigenvalue weighted by Gasteiger charge is 2.35. The van der Waals surface area contributed by atoms with Crippen molar-refractivity contribution in [1.29, 1.82) is 0 Å². The van der Waals surface area contributed by atoms with Gasteiger partial charge in [-0.2, -0.15) is 0 Å². The summed E-state index contributed by atoms with van der Waals surface area (Å²) in [4.78, 5) is 30.0. The molecule has 3 rings (SSSR count). The molecule has 2 atom stereocenters. The van der Waals surface area contributed by atoms with Crippen LogP contribution < -0.4 is 0 Å². The number of hydrogen-bond donors (Lipinski definition) is 2. The molecular weight excluding hydrogens is 332 g/mol. The summed E-state index contributed by atoms with van der Waals surface area (Å²) in [6.45, 7) is 0.853. The quantitative estimate of drug-likeness (QED) is 0.832. The highest BCUT2D eigenvalue weighted by atomic mass is 16.4. The summed E-state index contributed by atoms with van der Waals surface area (Å²) in [7, 11) is 0. The predicted octanol–water partition coefficient (Wildman–Crippen LogP) is 2.82. The molecule has 6 nitrogen and oxygen atoms in total. The van der Waals surface area contributed by atoms with E-state index in [0.717, 1.165) is 11.1 Å². The summed E-state index contributed by atoms with van der Waals surface area (Å²) >= 11 is 0. The Labute approximate surface area is 152 Å². The Bertz CT molecular complexity index is 761. The number of carboxylic acid groups (broad SMARTS) is 1. The SMILES string of the molecule is O=C(O)[C@H]1CC[C@@H](C(=O)N(Cc2ccncc2)Cc2ccc(O)cc2)C1. The third-order valence-corrected chi connectivity index (χ3v) is 4.88. The van der Waals surface area contributed by atoms with Gasteiger partial charge in [-0.15, -0.1) is 0 Å². The van der Waals surface area contributed by atoms with Crippen LogP contribution in [0.3, 0.4) is 0 Å². The first kappa shape index (κ1) is 17.9. The molecule has 1 fully saturated rings. The van der Waals surface area contributed by atoms with Crippen molar-refractivity contribution < 1.29 is 19.8 Å². The molecule has 1 amide bonds. The lowest BCUT2D eigenvalue weighted by Gasteiger charge is -2.26. The third-order valence-electron chi connectivity index (χ3n) is 4.88. The Balaban J connectivity index is 1.76. The first-order valence-corrected chi connectivity index (χ1v) is 8.71. The number of phenols is 1. The van der Waals surface area contributed by atoms with Crippen molar-refractivity contribution in [2.75, 3.05) is 0 Å². The molecule has 136 valence electrons. The monoisotopic (exact) mass is 354 g/mol. The van der Waals surface area contributed by atoms with Crippen LogP contribution in [0.1, 0.15) is 30.4 Å². The number of pyridine rings is 1. The minimum atomic E-state index is -0.820. The van der Waals surface area contributed by atoms with Crippen LogP contribution in [0, 0.1) is 11.8 Å². The van der Waals surface area contributed by atoms with Crippen molar-refractivity contribution in [2.45, 2.75) is 32.4 Å². The van der Waals surface area contributed by atoms with E-state index in [1.165, 1.54) is 0 Å². The molecule has 0 bridgehead atoms. The molecule has 1 saturated carbocycles. The van der Waals surface area contributed by atoms with E-state index in [2.05, 4.69) is 4.98 Å². The average molecular weight is 354 g/mol. The Kier molecular flexibility index (Phi) is 5.51. The van der Waals surface area contributed by atoms with E-state index in [4.69, 9.17) is 0 Å². The van der Waals surface area contributed by atoms with E-state index < -0.39 is 11.9 Å². The second-order valence-electron chi connectivity index (χ2n) is 6.76. The Morgan fingerprint density at radius 1 is 0.962 bits per heavy atom. The molecule has 0 unspecified atom stereocenters. The zero-order valence-electron chi connectivity index (χ0n) is 14.4. The van der Waals surface area contributed by atoms with E-state index in [1.54, 1.807) is 41.6 Å². The minimum absolute atomic E-state index is 0.0152. The van der Waals surface area contributed by atoms with Gasteiger partial charge in [-0.05, 0) is 54.7 Å². The molecule has 1 heterocycles. The van der Waals surface area contributed by atoms with Crippen LogP contribution in [0.2, 0.25) is 0 Å². The lowest BCUT2D eigenvalue weighted by Crippen LogP contribution is -2.34. The van der Waals surface area contributed by atoms with Gasteiger partial charge in [-0.25, -0.2) is 0 Å². The summed E-state index contributed by atoms with van der Waals surface area (Å²) in [6.07, 6.45) is 4.94. The fourth-order valence-corrected chi connectivity index (χ4v) is 3.43. The third kappa shape index (κ3) is 4.39. The molecular formula is C20H22N2O4. The Morgan fingerprint density at radius 2 is 1.54 bits per heavy atom. The second kappa shape index (κ2) is 7.99. The number of phenolic OH excluding ortho intramolecular Hbond substituents is 1. The number of nitrogens with zero attached hydrogens (tertiary/aromatic N) is 2. The van der Waals surface area contributed by atoms with Crippen LogP contribution in [0.4, 0.5) is 0 Å². The molecule has 0 radical (unpaired) electrons. The number of carboxylic acids is 1. The molecule has 1 aliphatic carbocycles. The van der Waals surface area contributed by atoms with Crippen LogP contribution in [0.25, 0.3) is 0 Å². The van der Waals surface area contributed by atoms with Crippen molar-refractivity contribution in [3.8, 4) is 5.75 Å². The van der Waals surface area contributed by atoms with Gasteiger partial charge in [0.05, 0.1) is 5.92 Å². The van der Waals surface area contributed by atoms with Crippen molar-refractivity contribution >= 4 is 11.9 Å². The van der Waals surface area contributed by atoms with E-state index in [0.29, 0.717) is 32.4 Å². The summed E-state index contributed by atoms with van der Waals surface area (Å²) in [5.74, 6) is -1.34. The Hall–Kier alpha value is -2.89. The number of hydrogen-bond acceptors (Lipinski definition) is 4. The van der Waals surface area contributed by atoms with Gasteiger partial charge in [-0.1, -0.05) is 12.1 Å². The highest BCUT2D eigenvalue weighted by molar-refractivity contribution is 5.81. The number of aliphatic carboxylic acids is 1. The number of carbonyl (C=O) groups is 2. The summed E-state index contributed by atoms with van der Waals surface area (Å²) in [5.41, 5.74) is 1.89. The molecule has 0 aliphatic heterocycles. The number of aromatic nitrogens is 1. The molecule has 1 aromatic carbocycles. The van der Waals surface area contributed by atoms with Gasteiger partial charge in [0.15, 0.2) is 0 Å². The Morgan fingerprint density at radius 3 is 2.12 bits per heavy atom. The van der Waals surface area contributed by atoms with Crippen LogP contribution in [-0.4, -0.2) is 32.0 Å². The van der Waals surface area contributed by atoms with Crippen LogP contribution in [0.5, 0.6) is 5.75 Å². The van der Waals surface area contributed by atoms with Crippen LogP contribution in [-0.2, 0) is 22.7 Å². The summed E-state index contributed by atoms with van der Waals surface area (Å²) in [6, 6.07) is 10.5. The molecule has 1 aliphatic rings. The van der Waals surface area contributed by atoms with Gasteiger partial charge in [0.25, 0.3) is 0 Å². The fraction of sp³-hybridized carbons (Fsp3) is 0.350. The smallest absolute Gasteiger partial charge is 0.306 e. The number of amides is 1. The lowest BCUT2D eigenvalue weighted by molar-refractivity contribution is -0.141. The van der Waals surface area contributed by atoms with Gasteiger partial charge in [0, 0.05) is 31.4 Å². The highest BCUT2D eigenvalue weighted by Crippen LogP contribution is 2.33. The van der Waals surface area contributed by atoms with Gasteiger partial charge in [0.2, 0.25) is 5.91 Å². The van der Waals surface area contributed by atoms with Crippen molar-refractivity contribution in [1.82, 2.24) is 9.88 Å². The molecule has 1 aromatic heterocycles. The fourth-order valence-electron chi connectivity index (χ4n) is 3.43. The lowest BCUT2D eigenvalue weighted by atomic mass is 10.0. The van der Waals surface area contributed by atoms with Gasteiger partial charge in [0.1, 0.15) is 5.75 Å². The first-order chi connectivity index (χ1) is 12.5. The maximum absolute atomic E-state index is 13.1. The van der Waals surface area contributed by atoms with Crippen molar-refractivity contribution in [3.05, 3.63) is 59.9 Å². The molecule has 2 aromatic rings. The van der Waals surface area contributed by atoms with Crippen molar-refractivity contribution in [3.63, 3.8) is 0 Å².